The lowest BCUT2D eigenvalue weighted by atomic mass is 10.1. The molecule has 1 aromatic carbocycles. The molecule has 1 N–H and O–H groups in total. The first-order valence-corrected chi connectivity index (χ1v) is 8.53. The molecule has 0 atom stereocenters. The lowest BCUT2D eigenvalue weighted by molar-refractivity contribution is -0.137. The smallest absolute Gasteiger partial charge is 0.394 e. The van der Waals surface area contributed by atoms with Gasteiger partial charge in [0, 0.05) is 18.0 Å². The highest BCUT2D eigenvalue weighted by Crippen LogP contribution is 2.36. The molecule has 0 spiro atoms. The minimum atomic E-state index is -4.58. The average Bonchev–Trinajstić information content (AvgIpc) is 3.34. The Hall–Kier alpha value is -3.34. The average molecular weight is 404 g/mol. The highest BCUT2D eigenvalue weighted by atomic mass is 19.4. The molecule has 150 valence electrons. The molecule has 3 heterocycles. The number of pyridine rings is 1. The van der Waals surface area contributed by atoms with Crippen LogP contribution in [-0.2, 0) is 11.7 Å². The van der Waals surface area contributed by atoms with Gasteiger partial charge in [-0.1, -0.05) is 10.4 Å². The van der Waals surface area contributed by atoms with Gasteiger partial charge >= 0.3 is 6.18 Å². The standard InChI is InChI=1S/C18H15F3N6O2/c1-17(2,9-28)27-14-4-3-10(7-13(14)24-26-27)15-23-16(29-25-15)11-8-22-6-5-12(11)18(19,20)21/h3-8,28H,9H2,1-2H3. The summed E-state index contributed by atoms with van der Waals surface area (Å²) in [6.45, 7) is 3.49. The molecular weight excluding hydrogens is 389 g/mol. The summed E-state index contributed by atoms with van der Waals surface area (Å²) in [4.78, 5) is 7.81. The van der Waals surface area contributed by atoms with Gasteiger partial charge in [0.05, 0.1) is 28.8 Å². The molecule has 4 aromatic rings. The van der Waals surface area contributed by atoms with Crippen LogP contribution in [0.15, 0.2) is 41.2 Å². The van der Waals surface area contributed by atoms with E-state index in [-0.39, 0.29) is 23.9 Å². The van der Waals surface area contributed by atoms with Crippen LogP contribution in [0.1, 0.15) is 19.4 Å². The summed E-state index contributed by atoms with van der Waals surface area (Å²) in [7, 11) is 0. The number of benzene rings is 1. The second kappa shape index (κ2) is 6.62. The molecular formula is C18H15F3N6O2. The SMILES string of the molecule is CC(C)(CO)n1nnc2cc(-c3noc(-c4cnccc4C(F)(F)F)n3)ccc21. The van der Waals surface area contributed by atoms with Gasteiger partial charge in [0.1, 0.15) is 5.52 Å². The Morgan fingerprint density at radius 3 is 2.69 bits per heavy atom. The first-order valence-electron chi connectivity index (χ1n) is 8.53. The minimum absolute atomic E-state index is 0.106. The second-order valence-electron chi connectivity index (χ2n) is 7.02. The van der Waals surface area contributed by atoms with E-state index >= 15 is 0 Å². The second-order valence-corrected chi connectivity index (χ2v) is 7.02. The van der Waals surface area contributed by atoms with Gasteiger partial charge in [0.25, 0.3) is 5.89 Å². The number of aliphatic hydroxyl groups is 1. The molecule has 0 unspecified atom stereocenters. The van der Waals surface area contributed by atoms with Crippen molar-refractivity contribution in [2.75, 3.05) is 6.61 Å². The first-order chi connectivity index (χ1) is 13.7. The molecule has 0 amide bonds. The molecule has 0 saturated carbocycles. The van der Waals surface area contributed by atoms with E-state index in [9.17, 15) is 18.3 Å². The summed E-state index contributed by atoms with van der Waals surface area (Å²) in [6, 6.07) is 5.91. The fraction of sp³-hybridized carbons (Fsp3) is 0.278. The summed E-state index contributed by atoms with van der Waals surface area (Å²) >= 11 is 0. The predicted octanol–water partition coefficient (Wildman–Crippen LogP) is 3.29. The zero-order valence-corrected chi connectivity index (χ0v) is 15.3. The molecule has 0 aliphatic rings. The van der Waals surface area contributed by atoms with Crippen molar-refractivity contribution >= 4 is 11.0 Å². The van der Waals surface area contributed by atoms with E-state index in [2.05, 4.69) is 25.4 Å². The Morgan fingerprint density at radius 1 is 1.17 bits per heavy atom. The largest absolute Gasteiger partial charge is 0.417 e. The lowest BCUT2D eigenvalue weighted by Gasteiger charge is -2.22. The number of hydrogen-bond donors (Lipinski definition) is 1. The van der Waals surface area contributed by atoms with E-state index in [1.54, 1.807) is 22.9 Å². The first kappa shape index (κ1) is 19.0. The van der Waals surface area contributed by atoms with Crippen molar-refractivity contribution in [3.05, 3.63) is 42.2 Å². The Bertz CT molecular complexity index is 1180. The van der Waals surface area contributed by atoms with Crippen LogP contribution in [0, 0.1) is 0 Å². The normalized spacial score (nSPS) is 12.6. The summed E-state index contributed by atoms with van der Waals surface area (Å²) in [5.41, 5.74) is -0.151. The van der Waals surface area contributed by atoms with Gasteiger partial charge in [0.2, 0.25) is 5.82 Å². The number of alkyl halides is 3. The Kier molecular flexibility index (Phi) is 4.34. The third kappa shape index (κ3) is 3.33. The van der Waals surface area contributed by atoms with Gasteiger partial charge < -0.3 is 9.63 Å². The van der Waals surface area contributed by atoms with Gasteiger partial charge in [-0.3, -0.25) is 4.98 Å². The quantitative estimate of drug-likeness (QED) is 0.557. The maximum atomic E-state index is 13.2. The summed E-state index contributed by atoms with van der Waals surface area (Å²) in [5.74, 6) is -0.180. The van der Waals surface area contributed by atoms with Crippen LogP contribution in [0.3, 0.4) is 0 Å². The number of halogens is 3. The van der Waals surface area contributed by atoms with E-state index < -0.39 is 17.3 Å². The number of hydrogen-bond acceptors (Lipinski definition) is 7. The van der Waals surface area contributed by atoms with Gasteiger partial charge in [-0.15, -0.1) is 5.10 Å². The van der Waals surface area contributed by atoms with Crippen molar-refractivity contribution in [3.63, 3.8) is 0 Å². The number of rotatable bonds is 4. The van der Waals surface area contributed by atoms with Crippen molar-refractivity contribution in [3.8, 4) is 22.8 Å². The fourth-order valence-electron chi connectivity index (χ4n) is 2.84. The molecule has 0 aliphatic heterocycles. The van der Waals surface area contributed by atoms with Gasteiger partial charge in [-0.25, -0.2) is 4.68 Å². The van der Waals surface area contributed by atoms with Crippen LogP contribution >= 0.6 is 0 Å². The summed E-state index contributed by atoms with van der Waals surface area (Å²) < 4.78 is 46.3. The van der Waals surface area contributed by atoms with Crippen LogP contribution in [0.2, 0.25) is 0 Å². The maximum absolute atomic E-state index is 13.2. The molecule has 4 rings (SSSR count). The van der Waals surface area contributed by atoms with Crippen LogP contribution in [0.4, 0.5) is 13.2 Å². The number of nitrogens with zero attached hydrogens (tertiary/aromatic N) is 6. The van der Waals surface area contributed by atoms with Gasteiger partial charge in [-0.2, -0.15) is 18.2 Å². The van der Waals surface area contributed by atoms with Gasteiger partial charge in [-0.05, 0) is 38.1 Å². The van der Waals surface area contributed by atoms with E-state index in [1.807, 2.05) is 13.8 Å². The molecule has 0 aliphatic carbocycles. The molecule has 11 heteroatoms. The Balaban J connectivity index is 1.74. The van der Waals surface area contributed by atoms with Crippen molar-refractivity contribution in [2.45, 2.75) is 25.6 Å². The fourth-order valence-corrected chi connectivity index (χ4v) is 2.84. The molecule has 0 saturated heterocycles. The summed E-state index contributed by atoms with van der Waals surface area (Å²) in [5, 5.41) is 21.5. The van der Waals surface area contributed by atoms with Crippen LogP contribution in [-0.4, -0.2) is 41.8 Å². The van der Waals surface area contributed by atoms with E-state index in [0.717, 1.165) is 18.5 Å². The van der Waals surface area contributed by atoms with Crippen LogP contribution in [0.25, 0.3) is 33.9 Å². The minimum Gasteiger partial charge on any atom is -0.394 e. The van der Waals surface area contributed by atoms with Crippen molar-refractivity contribution in [2.24, 2.45) is 0 Å². The number of fused-ring (bicyclic) bond motifs is 1. The third-order valence-corrected chi connectivity index (χ3v) is 4.45. The molecule has 0 radical (unpaired) electrons. The van der Waals surface area contributed by atoms with E-state index in [4.69, 9.17) is 4.52 Å². The number of aromatic nitrogens is 6. The molecule has 0 bridgehead atoms. The highest BCUT2D eigenvalue weighted by Gasteiger charge is 2.35. The van der Waals surface area contributed by atoms with E-state index in [0.29, 0.717) is 16.6 Å². The van der Waals surface area contributed by atoms with Crippen LogP contribution < -0.4 is 0 Å². The van der Waals surface area contributed by atoms with Crippen LogP contribution in [0.5, 0.6) is 0 Å². The Morgan fingerprint density at radius 2 is 1.97 bits per heavy atom. The molecule has 0 fully saturated rings. The molecule has 29 heavy (non-hydrogen) atoms. The Labute approximate surface area is 162 Å². The van der Waals surface area contributed by atoms with E-state index in [1.165, 1.54) is 0 Å². The topological polar surface area (TPSA) is 103 Å². The zero-order chi connectivity index (χ0) is 20.8. The maximum Gasteiger partial charge on any atom is 0.417 e. The van der Waals surface area contributed by atoms with Crippen molar-refractivity contribution in [1.29, 1.82) is 0 Å². The highest BCUT2D eigenvalue weighted by molar-refractivity contribution is 5.80. The predicted molar refractivity (Wildman–Crippen MR) is 95.5 cm³/mol. The van der Waals surface area contributed by atoms with Crippen molar-refractivity contribution in [1.82, 2.24) is 30.1 Å². The van der Waals surface area contributed by atoms with Crippen molar-refractivity contribution < 1.29 is 22.8 Å². The van der Waals surface area contributed by atoms with Gasteiger partial charge in [0.15, 0.2) is 0 Å². The number of aliphatic hydroxyl groups excluding tert-OH is 1. The zero-order valence-electron chi connectivity index (χ0n) is 15.3. The third-order valence-electron chi connectivity index (χ3n) is 4.45. The lowest BCUT2D eigenvalue weighted by Crippen LogP contribution is -2.31. The molecule has 8 nitrogen and oxygen atoms in total. The molecule has 3 aromatic heterocycles. The monoisotopic (exact) mass is 404 g/mol. The summed E-state index contributed by atoms with van der Waals surface area (Å²) in [6.07, 6.45) is -2.50.